The number of carbonyl (C=O) groups excluding carboxylic acids is 2. The Labute approximate surface area is 170 Å². The molecule has 2 N–H and O–H groups in total. The Hall–Kier alpha value is -3.28. The number of rotatable bonds is 6. The highest BCUT2D eigenvalue weighted by Crippen LogP contribution is 2.42. The molecule has 152 valence electrons. The van der Waals surface area contributed by atoms with Crippen molar-refractivity contribution in [2.75, 3.05) is 13.2 Å². The number of amides is 1. The van der Waals surface area contributed by atoms with Gasteiger partial charge in [-0.3, -0.25) is 9.59 Å². The molecule has 1 fully saturated rings. The average molecular weight is 395 g/mol. The number of hydrogen-bond donors (Lipinski definition) is 2. The number of ether oxygens (including phenoxy) is 1. The maximum Gasteiger partial charge on any atom is 0.295 e. The van der Waals surface area contributed by atoms with Crippen molar-refractivity contribution in [3.8, 4) is 11.5 Å². The van der Waals surface area contributed by atoms with Gasteiger partial charge in [-0.15, -0.1) is 0 Å². The minimum absolute atomic E-state index is 0.0283. The third-order valence-corrected chi connectivity index (χ3v) is 4.75. The lowest BCUT2D eigenvalue weighted by atomic mass is 9.94. The number of ketones is 1. The van der Waals surface area contributed by atoms with Crippen molar-refractivity contribution in [3.05, 3.63) is 65.2 Å². The van der Waals surface area contributed by atoms with E-state index in [0.717, 1.165) is 0 Å². The summed E-state index contributed by atoms with van der Waals surface area (Å²) in [6.07, 6.45) is 0. The maximum atomic E-state index is 12.9. The SMILES string of the molecule is CCOc1cc([C@@H]2C(=C(O)c3ccccc3)C(=O)C(=O)N2CC(C)C)ccc1O. The van der Waals surface area contributed by atoms with Crippen molar-refractivity contribution in [2.24, 2.45) is 5.92 Å². The molecule has 3 rings (SSSR count). The number of aliphatic hydroxyl groups excluding tert-OH is 1. The zero-order valence-electron chi connectivity index (χ0n) is 16.8. The average Bonchev–Trinajstić information content (AvgIpc) is 2.94. The predicted molar refractivity (Wildman–Crippen MR) is 110 cm³/mol. The summed E-state index contributed by atoms with van der Waals surface area (Å²) in [4.78, 5) is 27.2. The van der Waals surface area contributed by atoms with Gasteiger partial charge in [0, 0.05) is 12.1 Å². The Bertz CT molecular complexity index is 949. The van der Waals surface area contributed by atoms with Crippen LogP contribution >= 0.6 is 0 Å². The molecule has 1 amide bonds. The monoisotopic (exact) mass is 395 g/mol. The molecule has 1 aliphatic rings. The molecule has 2 aromatic rings. The lowest BCUT2D eigenvalue weighted by Crippen LogP contribution is -2.33. The summed E-state index contributed by atoms with van der Waals surface area (Å²) in [6.45, 7) is 6.41. The molecule has 0 radical (unpaired) electrons. The van der Waals surface area contributed by atoms with Gasteiger partial charge in [0.1, 0.15) is 5.76 Å². The summed E-state index contributed by atoms with van der Waals surface area (Å²) in [6, 6.07) is 12.6. The molecule has 1 aliphatic heterocycles. The first-order valence-corrected chi connectivity index (χ1v) is 9.64. The minimum atomic E-state index is -0.766. The number of aliphatic hydroxyl groups is 1. The van der Waals surface area contributed by atoms with E-state index in [1.54, 1.807) is 49.4 Å². The minimum Gasteiger partial charge on any atom is -0.507 e. The molecule has 1 heterocycles. The number of hydrogen-bond acceptors (Lipinski definition) is 5. The number of nitrogens with zero attached hydrogens (tertiary/aromatic N) is 1. The summed E-state index contributed by atoms with van der Waals surface area (Å²) in [5.41, 5.74) is 1.09. The lowest BCUT2D eigenvalue weighted by molar-refractivity contribution is -0.140. The number of Topliss-reactive ketones (excluding diaryl/α,β-unsaturated/α-hetero) is 1. The largest absolute Gasteiger partial charge is 0.507 e. The highest BCUT2D eigenvalue weighted by molar-refractivity contribution is 6.46. The first-order chi connectivity index (χ1) is 13.8. The van der Waals surface area contributed by atoms with Crippen LogP contribution in [0.25, 0.3) is 5.76 Å². The molecule has 0 aromatic heterocycles. The fourth-order valence-electron chi connectivity index (χ4n) is 3.53. The van der Waals surface area contributed by atoms with Crippen LogP contribution in [0.4, 0.5) is 0 Å². The van der Waals surface area contributed by atoms with E-state index in [1.807, 2.05) is 13.8 Å². The van der Waals surface area contributed by atoms with Crippen LogP contribution in [0.3, 0.4) is 0 Å². The van der Waals surface area contributed by atoms with Crippen molar-refractivity contribution in [2.45, 2.75) is 26.8 Å². The van der Waals surface area contributed by atoms with Crippen molar-refractivity contribution < 1.29 is 24.5 Å². The van der Waals surface area contributed by atoms with Crippen LogP contribution in [0, 0.1) is 5.92 Å². The molecule has 0 saturated carbocycles. The van der Waals surface area contributed by atoms with E-state index in [-0.39, 0.29) is 28.7 Å². The van der Waals surface area contributed by atoms with E-state index in [4.69, 9.17) is 4.74 Å². The van der Waals surface area contributed by atoms with Gasteiger partial charge < -0.3 is 19.8 Å². The fourth-order valence-corrected chi connectivity index (χ4v) is 3.53. The van der Waals surface area contributed by atoms with E-state index in [9.17, 15) is 19.8 Å². The molecule has 2 aromatic carbocycles. The second-order valence-corrected chi connectivity index (χ2v) is 7.37. The Morgan fingerprint density at radius 1 is 1.14 bits per heavy atom. The van der Waals surface area contributed by atoms with Gasteiger partial charge in [-0.1, -0.05) is 50.2 Å². The fraction of sp³-hybridized carbons (Fsp3) is 0.304. The molecule has 6 nitrogen and oxygen atoms in total. The van der Waals surface area contributed by atoms with E-state index >= 15 is 0 Å². The summed E-state index contributed by atoms with van der Waals surface area (Å²) in [7, 11) is 0. The normalized spacial score (nSPS) is 18.5. The third kappa shape index (κ3) is 3.97. The first kappa shape index (κ1) is 20.5. The Morgan fingerprint density at radius 2 is 1.83 bits per heavy atom. The molecule has 0 aliphatic carbocycles. The van der Waals surface area contributed by atoms with Gasteiger partial charge in [0.05, 0.1) is 18.2 Å². The van der Waals surface area contributed by atoms with Crippen molar-refractivity contribution in [3.63, 3.8) is 0 Å². The zero-order valence-corrected chi connectivity index (χ0v) is 16.8. The second kappa shape index (κ2) is 8.39. The zero-order chi connectivity index (χ0) is 21.1. The molecule has 1 saturated heterocycles. The standard InChI is InChI=1S/C23H25NO5/c1-4-29-18-12-16(10-11-17(18)25)20-19(21(26)15-8-6-5-7-9-15)22(27)23(28)24(20)13-14(2)3/h5-12,14,20,25-26H,4,13H2,1-3H3/t20-/m1/s1. The highest BCUT2D eigenvalue weighted by Gasteiger charge is 2.46. The molecular weight excluding hydrogens is 370 g/mol. The highest BCUT2D eigenvalue weighted by atomic mass is 16.5. The molecule has 0 bridgehead atoms. The lowest BCUT2D eigenvalue weighted by Gasteiger charge is -2.27. The van der Waals surface area contributed by atoms with Crippen LogP contribution in [0.5, 0.6) is 11.5 Å². The van der Waals surface area contributed by atoms with Crippen LogP contribution in [0.1, 0.15) is 37.9 Å². The summed E-state index contributed by atoms with van der Waals surface area (Å²) in [5.74, 6) is -1.23. The van der Waals surface area contributed by atoms with Crippen LogP contribution in [0.15, 0.2) is 54.1 Å². The van der Waals surface area contributed by atoms with E-state index in [2.05, 4.69) is 0 Å². The van der Waals surface area contributed by atoms with Gasteiger partial charge in [0.2, 0.25) is 0 Å². The van der Waals surface area contributed by atoms with Gasteiger partial charge in [0.25, 0.3) is 11.7 Å². The van der Waals surface area contributed by atoms with Crippen LogP contribution in [-0.4, -0.2) is 40.0 Å². The van der Waals surface area contributed by atoms with E-state index in [1.165, 1.54) is 11.0 Å². The van der Waals surface area contributed by atoms with E-state index < -0.39 is 17.7 Å². The third-order valence-electron chi connectivity index (χ3n) is 4.75. The second-order valence-electron chi connectivity index (χ2n) is 7.37. The first-order valence-electron chi connectivity index (χ1n) is 9.64. The number of phenolic OH excluding ortho intramolecular Hbond substituents is 1. The van der Waals surface area contributed by atoms with E-state index in [0.29, 0.717) is 24.3 Å². The van der Waals surface area contributed by atoms with Crippen LogP contribution < -0.4 is 4.74 Å². The van der Waals surface area contributed by atoms with Crippen LogP contribution in [0.2, 0.25) is 0 Å². The summed E-state index contributed by atoms with van der Waals surface area (Å²) >= 11 is 0. The van der Waals surface area contributed by atoms with Crippen molar-refractivity contribution in [1.29, 1.82) is 0 Å². The number of phenols is 1. The van der Waals surface area contributed by atoms with Gasteiger partial charge >= 0.3 is 0 Å². The summed E-state index contributed by atoms with van der Waals surface area (Å²) < 4.78 is 5.47. The predicted octanol–water partition coefficient (Wildman–Crippen LogP) is 3.87. The quantitative estimate of drug-likeness (QED) is 0.440. The van der Waals surface area contributed by atoms with Crippen molar-refractivity contribution in [1.82, 2.24) is 4.90 Å². The number of aromatic hydroxyl groups is 1. The Balaban J connectivity index is 2.20. The Kier molecular flexibility index (Phi) is 5.92. The molecule has 1 atom stereocenters. The van der Waals surface area contributed by atoms with Gasteiger partial charge in [-0.2, -0.15) is 0 Å². The van der Waals surface area contributed by atoms with Gasteiger partial charge in [-0.25, -0.2) is 0 Å². The summed E-state index contributed by atoms with van der Waals surface area (Å²) in [5, 5.41) is 21.0. The molecular formula is C23H25NO5. The maximum absolute atomic E-state index is 12.9. The number of likely N-dealkylation sites (tertiary alicyclic amines) is 1. The molecule has 0 unspecified atom stereocenters. The topological polar surface area (TPSA) is 87.1 Å². The molecule has 6 heteroatoms. The van der Waals surface area contributed by atoms with Gasteiger partial charge in [-0.05, 0) is 30.5 Å². The molecule has 0 spiro atoms. The number of carbonyl (C=O) groups is 2. The van der Waals surface area contributed by atoms with Gasteiger partial charge in [0.15, 0.2) is 11.5 Å². The van der Waals surface area contributed by atoms with Crippen molar-refractivity contribution >= 4 is 17.4 Å². The smallest absolute Gasteiger partial charge is 0.295 e. The Morgan fingerprint density at radius 3 is 2.45 bits per heavy atom. The molecule has 29 heavy (non-hydrogen) atoms. The van der Waals surface area contributed by atoms with Crippen LogP contribution in [-0.2, 0) is 9.59 Å². The number of benzene rings is 2.